The van der Waals surface area contributed by atoms with E-state index in [-0.39, 0.29) is 18.0 Å². The Balaban J connectivity index is 1.50. The summed E-state index contributed by atoms with van der Waals surface area (Å²) in [5.41, 5.74) is 4.96. The van der Waals surface area contributed by atoms with Gasteiger partial charge in [-0.3, -0.25) is 14.9 Å². The van der Waals surface area contributed by atoms with E-state index in [1.54, 1.807) is 12.1 Å². The molecule has 0 bridgehead atoms. The van der Waals surface area contributed by atoms with Crippen LogP contribution >= 0.6 is 0 Å². The molecule has 7 nitrogen and oxygen atoms in total. The van der Waals surface area contributed by atoms with E-state index >= 15 is 0 Å². The number of ether oxygens (including phenoxy) is 1. The Morgan fingerprint density at radius 2 is 1.76 bits per heavy atom. The zero-order valence-electron chi connectivity index (χ0n) is 15.5. The van der Waals surface area contributed by atoms with Gasteiger partial charge in [-0.15, -0.1) is 0 Å². The van der Waals surface area contributed by atoms with Crippen LogP contribution in [-0.2, 0) is 17.8 Å². The van der Waals surface area contributed by atoms with Gasteiger partial charge in [0.05, 0.1) is 17.6 Å². The molecule has 3 rings (SSSR count). The fraction of sp³-hybridized carbons (Fsp3) is 0.0909. The SMILES string of the molecule is O=C(Cc1ccc([N+](=O)[O-])cc1)N/N=C/c1cccc(OCc2ccccc2)c1. The van der Waals surface area contributed by atoms with Gasteiger partial charge in [-0.2, -0.15) is 5.10 Å². The first-order chi connectivity index (χ1) is 14.1. The predicted molar refractivity (Wildman–Crippen MR) is 110 cm³/mol. The highest BCUT2D eigenvalue weighted by atomic mass is 16.6. The molecule has 0 unspecified atom stereocenters. The quantitative estimate of drug-likeness (QED) is 0.359. The molecule has 0 spiro atoms. The topological polar surface area (TPSA) is 93.8 Å². The maximum Gasteiger partial charge on any atom is 0.269 e. The molecule has 0 heterocycles. The summed E-state index contributed by atoms with van der Waals surface area (Å²) in [5.74, 6) is 0.390. The maximum atomic E-state index is 12.0. The molecule has 0 atom stereocenters. The highest BCUT2D eigenvalue weighted by Crippen LogP contribution is 2.14. The number of hydrogen-bond acceptors (Lipinski definition) is 5. The number of nitrogens with zero attached hydrogens (tertiary/aromatic N) is 2. The van der Waals surface area contributed by atoms with Crippen LogP contribution < -0.4 is 10.2 Å². The minimum atomic E-state index is -0.480. The molecule has 3 aromatic carbocycles. The van der Waals surface area contributed by atoms with Crippen molar-refractivity contribution < 1.29 is 14.5 Å². The molecule has 1 amide bonds. The standard InChI is InChI=1S/C22H19N3O4/c26-22(14-17-9-11-20(12-10-17)25(27)28)24-23-15-19-7-4-8-21(13-19)29-16-18-5-2-1-3-6-18/h1-13,15H,14,16H2,(H,24,26)/b23-15+. The van der Waals surface area contributed by atoms with Crippen LogP contribution in [0.2, 0.25) is 0 Å². The van der Waals surface area contributed by atoms with Crippen LogP contribution in [-0.4, -0.2) is 17.0 Å². The molecule has 29 heavy (non-hydrogen) atoms. The lowest BCUT2D eigenvalue weighted by molar-refractivity contribution is -0.384. The van der Waals surface area contributed by atoms with Crippen LogP contribution in [0.4, 0.5) is 5.69 Å². The minimum absolute atomic E-state index is 0.0125. The Morgan fingerprint density at radius 3 is 2.48 bits per heavy atom. The normalized spacial score (nSPS) is 10.6. The molecular formula is C22H19N3O4. The lowest BCUT2D eigenvalue weighted by Gasteiger charge is -2.06. The van der Waals surface area contributed by atoms with Crippen molar-refractivity contribution in [2.75, 3.05) is 0 Å². The third-order valence-corrected chi connectivity index (χ3v) is 4.02. The van der Waals surface area contributed by atoms with E-state index in [9.17, 15) is 14.9 Å². The average Bonchev–Trinajstić information content (AvgIpc) is 2.74. The zero-order chi connectivity index (χ0) is 20.5. The van der Waals surface area contributed by atoms with Crippen LogP contribution in [0, 0.1) is 10.1 Å². The molecule has 0 radical (unpaired) electrons. The molecule has 7 heteroatoms. The van der Waals surface area contributed by atoms with Gasteiger partial charge in [-0.05, 0) is 28.8 Å². The van der Waals surface area contributed by atoms with Crippen molar-refractivity contribution in [3.05, 3.63) is 106 Å². The maximum absolute atomic E-state index is 12.0. The van der Waals surface area contributed by atoms with Crippen molar-refractivity contribution in [1.82, 2.24) is 5.43 Å². The molecule has 0 aliphatic rings. The molecule has 3 aromatic rings. The van der Waals surface area contributed by atoms with Gasteiger partial charge in [0.15, 0.2) is 0 Å². The molecule has 146 valence electrons. The van der Waals surface area contributed by atoms with E-state index in [1.165, 1.54) is 18.3 Å². The summed E-state index contributed by atoms with van der Waals surface area (Å²) in [4.78, 5) is 22.1. The number of carbonyl (C=O) groups excluding carboxylic acids is 1. The van der Waals surface area contributed by atoms with Gasteiger partial charge in [-0.25, -0.2) is 5.43 Å². The van der Waals surface area contributed by atoms with Crippen molar-refractivity contribution in [1.29, 1.82) is 0 Å². The minimum Gasteiger partial charge on any atom is -0.489 e. The summed E-state index contributed by atoms with van der Waals surface area (Å²) in [6.07, 6.45) is 1.61. The molecular weight excluding hydrogens is 370 g/mol. The highest BCUT2D eigenvalue weighted by Gasteiger charge is 2.06. The molecule has 0 saturated heterocycles. The van der Waals surface area contributed by atoms with E-state index < -0.39 is 4.92 Å². The number of amides is 1. The summed E-state index contributed by atoms with van der Waals surface area (Å²) in [6.45, 7) is 0.466. The molecule has 0 saturated carbocycles. The van der Waals surface area contributed by atoms with Gasteiger partial charge < -0.3 is 4.74 Å². The Hall–Kier alpha value is -4.00. The number of nitro groups is 1. The fourth-order valence-corrected chi connectivity index (χ4v) is 2.56. The monoisotopic (exact) mass is 389 g/mol. The van der Waals surface area contributed by atoms with E-state index in [2.05, 4.69) is 10.5 Å². The lowest BCUT2D eigenvalue weighted by Crippen LogP contribution is -2.19. The van der Waals surface area contributed by atoms with Crippen LogP contribution in [0.25, 0.3) is 0 Å². The fourth-order valence-electron chi connectivity index (χ4n) is 2.56. The predicted octanol–water partition coefficient (Wildman–Crippen LogP) is 3.87. The van der Waals surface area contributed by atoms with Gasteiger partial charge in [0.2, 0.25) is 5.91 Å². The average molecular weight is 389 g/mol. The van der Waals surface area contributed by atoms with Crippen molar-refractivity contribution >= 4 is 17.8 Å². The number of rotatable bonds is 8. The second-order valence-corrected chi connectivity index (χ2v) is 6.24. The second-order valence-electron chi connectivity index (χ2n) is 6.24. The first kappa shape index (κ1) is 19.8. The molecule has 0 aromatic heterocycles. The summed E-state index contributed by atoms with van der Waals surface area (Å²) in [7, 11) is 0. The number of nitro benzene ring substituents is 1. The number of carbonyl (C=O) groups is 1. The number of benzene rings is 3. The molecule has 0 aliphatic heterocycles. The summed E-state index contributed by atoms with van der Waals surface area (Å²) in [5, 5.41) is 14.6. The van der Waals surface area contributed by atoms with Gasteiger partial charge in [-0.1, -0.05) is 54.6 Å². The first-order valence-corrected chi connectivity index (χ1v) is 8.92. The van der Waals surface area contributed by atoms with Crippen molar-refractivity contribution in [3.63, 3.8) is 0 Å². The lowest BCUT2D eigenvalue weighted by atomic mass is 10.1. The van der Waals surface area contributed by atoms with Gasteiger partial charge in [0.1, 0.15) is 12.4 Å². The van der Waals surface area contributed by atoms with Crippen LogP contribution in [0.1, 0.15) is 16.7 Å². The third-order valence-electron chi connectivity index (χ3n) is 4.02. The van der Waals surface area contributed by atoms with Gasteiger partial charge in [0, 0.05) is 12.1 Å². The zero-order valence-corrected chi connectivity index (χ0v) is 15.5. The Bertz CT molecular complexity index is 1000. The summed E-state index contributed by atoms with van der Waals surface area (Å²) < 4.78 is 5.77. The Labute approximate surface area is 167 Å². The van der Waals surface area contributed by atoms with Crippen molar-refractivity contribution in [3.8, 4) is 5.75 Å². The molecule has 0 aliphatic carbocycles. The second kappa shape index (κ2) is 9.80. The van der Waals surface area contributed by atoms with Crippen LogP contribution in [0.15, 0.2) is 84.0 Å². The third kappa shape index (κ3) is 6.28. The van der Waals surface area contributed by atoms with Gasteiger partial charge >= 0.3 is 0 Å². The van der Waals surface area contributed by atoms with E-state index in [0.29, 0.717) is 17.9 Å². The number of nitrogens with one attached hydrogen (secondary N) is 1. The number of hydrogen-bond donors (Lipinski definition) is 1. The Kier molecular flexibility index (Phi) is 6.67. The molecule has 0 fully saturated rings. The molecule has 1 N–H and O–H groups in total. The first-order valence-electron chi connectivity index (χ1n) is 8.92. The number of hydrazone groups is 1. The smallest absolute Gasteiger partial charge is 0.269 e. The largest absolute Gasteiger partial charge is 0.489 e. The van der Waals surface area contributed by atoms with E-state index in [0.717, 1.165) is 11.1 Å². The summed E-state index contributed by atoms with van der Waals surface area (Å²) in [6, 6.07) is 23.1. The van der Waals surface area contributed by atoms with E-state index in [1.807, 2.05) is 54.6 Å². The van der Waals surface area contributed by atoms with Crippen LogP contribution in [0.3, 0.4) is 0 Å². The van der Waals surface area contributed by atoms with Crippen LogP contribution in [0.5, 0.6) is 5.75 Å². The van der Waals surface area contributed by atoms with Gasteiger partial charge in [0.25, 0.3) is 5.69 Å². The summed E-state index contributed by atoms with van der Waals surface area (Å²) >= 11 is 0. The Morgan fingerprint density at radius 1 is 1.00 bits per heavy atom. The van der Waals surface area contributed by atoms with E-state index in [4.69, 9.17) is 4.74 Å². The highest BCUT2D eigenvalue weighted by molar-refractivity contribution is 5.83. The van der Waals surface area contributed by atoms with Crippen molar-refractivity contribution in [2.45, 2.75) is 13.0 Å². The van der Waals surface area contributed by atoms with Crippen molar-refractivity contribution in [2.24, 2.45) is 5.10 Å². The number of non-ortho nitro benzene ring substituents is 1.